The van der Waals surface area contributed by atoms with Crippen LogP contribution in [0.1, 0.15) is 83.3 Å². The fraction of sp³-hybridized carbons (Fsp3) is 0.622. The Morgan fingerprint density at radius 2 is 1.92 bits per heavy atom. The van der Waals surface area contributed by atoms with E-state index in [0.29, 0.717) is 57.3 Å². The molecule has 4 rings (SSSR count). The van der Waals surface area contributed by atoms with Crippen LogP contribution in [0.5, 0.6) is 0 Å². The number of carbonyl (C=O) groups excluding carboxylic acids is 4. The molecule has 2 N–H and O–H groups in total. The van der Waals surface area contributed by atoms with Gasteiger partial charge in [0.05, 0.1) is 24.0 Å². The highest BCUT2D eigenvalue weighted by Gasteiger charge is 2.77. The monoisotopic (exact) mass is 729 g/mol. The first kappa shape index (κ1) is 37.8. The lowest BCUT2D eigenvalue weighted by Gasteiger charge is -2.37. The predicted octanol–water partition coefficient (Wildman–Crippen LogP) is 4.86. The number of likely N-dealkylation sites (tertiary alicyclic amines) is 1. The van der Waals surface area contributed by atoms with Crippen LogP contribution in [-0.4, -0.2) is 93.5 Å². The fourth-order valence-corrected chi connectivity index (χ4v) is 8.55. The van der Waals surface area contributed by atoms with Crippen molar-refractivity contribution in [1.82, 2.24) is 15.1 Å². The van der Waals surface area contributed by atoms with Crippen molar-refractivity contribution in [2.45, 2.75) is 106 Å². The van der Waals surface area contributed by atoms with Gasteiger partial charge in [-0.2, -0.15) is 0 Å². The lowest BCUT2D eigenvalue weighted by Crippen LogP contribution is -2.57. The number of hydrogen-bond donors (Lipinski definition) is 2. The maximum atomic E-state index is 14.5. The molecule has 0 aromatic heterocycles. The summed E-state index contributed by atoms with van der Waals surface area (Å²) in [7, 11) is 0. The van der Waals surface area contributed by atoms with E-state index < -0.39 is 47.7 Å². The highest BCUT2D eigenvalue weighted by Crippen LogP contribution is 2.60. The molecular weight excluding hydrogens is 678 g/mol. The second-order valence-corrected chi connectivity index (χ2v) is 14.4. The van der Waals surface area contributed by atoms with Crippen LogP contribution in [-0.2, 0) is 28.7 Å². The van der Waals surface area contributed by atoms with Gasteiger partial charge in [-0.15, -0.1) is 13.2 Å². The van der Waals surface area contributed by atoms with Gasteiger partial charge in [0.25, 0.3) is 0 Å². The summed E-state index contributed by atoms with van der Waals surface area (Å²) in [6.07, 6.45) is 7.75. The van der Waals surface area contributed by atoms with Gasteiger partial charge in [0.2, 0.25) is 17.7 Å². The van der Waals surface area contributed by atoms with Crippen LogP contribution in [0, 0.1) is 11.8 Å². The number of allylic oxidation sites excluding steroid dienone is 1. The number of fused-ring (bicyclic) bond motifs is 1. The smallest absolute Gasteiger partial charge is 0.313 e. The summed E-state index contributed by atoms with van der Waals surface area (Å²) in [5.74, 6) is -3.10. The lowest BCUT2D eigenvalue weighted by molar-refractivity contribution is -0.162. The summed E-state index contributed by atoms with van der Waals surface area (Å²) >= 11 is 3.74. The fourth-order valence-electron chi connectivity index (χ4n) is 7.60. The van der Waals surface area contributed by atoms with Gasteiger partial charge in [0.15, 0.2) is 0 Å². The van der Waals surface area contributed by atoms with Crippen molar-refractivity contribution in [2.24, 2.45) is 11.8 Å². The Labute approximate surface area is 293 Å². The number of esters is 1. The van der Waals surface area contributed by atoms with Crippen molar-refractivity contribution in [3.05, 3.63) is 61.2 Å². The maximum absolute atomic E-state index is 14.5. The molecule has 1 spiro atoms. The first-order valence-electron chi connectivity index (χ1n) is 17.4. The van der Waals surface area contributed by atoms with Crippen molar-refractivity contribution >= 4 is 39.6 Å². The third-order valence-corrected chi connectivity index (χ3v) is 10.7. The van der Waals surface area contributed by atoms with Crippen LogP contribution in [0.2, 0.25) is 0 Å². The number of ether oxygens (including phenoxy) is 2. The summed E-state index contributed by atoms with van der Waals surface area (Å²) in [6, 6.07) is 7.76. The molecule has 3 aliphatic rings. The Bertz CT molecular complexity index is 1290. The molecule has 0 radical (unpaired) electrons. The molecule has 3 aliphatic heterocycles. The topological polar surface area (TPSA) is 125 Å². The van der Waals surface area contributed by atoms with Gasteiger partial charge in [-0.25, -0.2) is 0 Å². The molecule has 8 atom stereocenters. The molecule has 3 amide bonds. The van der Waals surface area contributed by atoms with Crippen molar-refractivity contribution in [3.8, 4) is 0 Å². The van der Waals surface area contributed by atoms with E-state index in [1.54, 1.807) is 28.9 Å². The van der Waals surface area contributed by atoms with Crippen LogP contribution < -0.4 is 5.32 Å². The molecule has 0 aliphatic carbocycles. The average molecular weight is 731 g/mol. The Kier molecular flexibility index (Phi) is 13.8. The third kappa shape index (κ3) is 8.05. The number of alkyl halides is 1. The summed E-state index contributed by atoms with van der Waals surface area (Å²) in [4.78, 5) is 59.1. The first-order chi connectivity index (χ1) is 23.1. The standard InChI is InChI=1S/C37H52BrN3O7/c1-5-8-14-21-40(20-7-3)35(45)33-37-24-27(38)32(48-37)29(30(37)34(44)41(33)22-15-11-16-23-42)36(46)47-31(26-17-12-10-13-18-26)25(4)39-28(43)19-9-6-2/h6-7,10,12-13,17-18,25,27,29-33,42H,2-3,5,8-9,11,14-16,19-24H2,1,4H3,(H,39,43)/t25-,27?,29+,30-,31-,32+,33+,37-/m0/s1. The van der Waals surface area contributed by atoms with Crippen LogP contribution in [0.25, 0.3) is 0 Å². The Morgan fingerprint density at radius 3 is 2.58 bits per heavy atom. The van der Waals surface area contributed by atoms with E-state index in [9.17, 15) is 24.3 Å². The molecule has 48 heavy (non-hydrogen) atoms. The SMILES string of the molecule is C=CCCC(=O)N[C@@H](C)[C@H](OC(=O)[C@H]1[C@@H]2O[C@@]3(CC2Br)[C@@H]1C(=O)N(CCCCCO)[C@@H]3C(=O)N(CC=C)CCCCC)c1ccccc1. The lowest BCUT2D eigenvalue weighted by atomic mass is 9.70. The zero-order valence-corrected chi connectivity index (χ0v) is 29.9. The maximum Gasteiger partial charge on any atom is 0.313 e. The number of unbranched alkanes of at least 4 members (excludes halogenated alkanes) is 4. The quantitative estimate of drug-likeness (QED) is 0.0851. The third-order valence-electron chi connectivity index (χ3n) is 9.83. The van der Waals surface area contributed by atoms with E-state index in [1.165, 1.54) is 0 Å². The minimum atomic E-state index is -1.20. The highest BCUT2D eigenvalue weighted by atomic mass is 79.9. The highest BCUT2D eigenvalue weighted by molar-refractivity contribution is 9.09. The molecule has 10 nitrogen and oxygen atoms in total. The van der Waals surface area contributed by atoms with E-state index >= 15 is 0 Å². The van der Waals surface area contributed by atoms with Gasteiger partial charge in [0.1, 0.15) is 17.7 Å². The number of aliphatic hydroxyl groups excluding tert-OH is 1. The normalized spacial score (nSPS) is 26.9. The number of benzene rings is 1. The molecule has 1 unspecified atom stereocenters. The summed E-state index contributed by atoms with van der Waals surface area (Å²) in [5, 5.41) is 12.3. The first-order valence-corrected chi connectivity index (χ1v) is 18.3. The minimum absolute atomic E-state index is 0.0487. The molecule has 2 bridgehead atoms. The summed E-state index contributed by atoms with van der Waals surface area (Å²) in [6.45, 7) is 12.7. The molecule has 0 saturated carbocycles. The van der Waals surface area contributed by atoms with Crippen LogP contribution in [0.3, 0.4) is 0 Å². The number of nitrogens with one attached hydrogen (secondary N) is 1. The van der Waals surface area contributed by atoms with Gasteiger partial charge in [0, 0.05) is 37.5 Å². The zero-order valence-electron chi connectivity index (χ0n) is 28.4. The largest absolute Gasteiger partial charge is 0.455 e. The molecule has 3 fully saturated rings. The van der Waals surface area contributed by atoms with Gasteiger partial charge >= 0.3 is 5.97 Å². The molecule has 11 heteroatoms. The van der Waals surface area contributed by atoms with Crippen LogP contribution in [0.15, 0.2) is 55.6 Å². The molecule has 3 heterocycles. The molecule has 3 saturated heterocycles. The molecule has 264 valence electrons. The average Bonchev–Trinajstić information content (AvgIpc) is 3.67. The Morgan fingerprint density at radius 1 is 1.17 bits per heavy atom. The van der Waals surface area contributed by atoms with Gasteiger partial charge in [-0.1, -0.05) is 78.2 Å². The number of rotatable bonds is 20. The number of halogens is 1. The summed E-state index contributed by atoms with van der Waals surface area (Å²) in [5.41, 5.74) is -0.495. The second kappa shape index (κ2) is 17.6. The van der Waals surface area contributed by atoms with E-state index in [1.807, 2.05) is 30.3 Å². The number of nitrogens with zero attached hydrogens (tertiary/aromatic N) is 2. The van der Waals surface area contributed by atoms with E-state index in [2.05, 4.69) is 41.3 Å². The van der Waals surface area contributed by atoms with E-state index in [4.69, 9.17) is 9.47 Å². The van der Waals surface area contributed by atoms with Crippen molar-refractivity contribution in [2.75, 3.05) is 26.2 Å². The van der Waals surface area contributed by atoms with Crippen molar-refractivity contribution in [1.29, 1.82) is 0 Å². The Balaban J connectivity index is 1.66. The molecule has 1 aromatic carbocycles. The summed E-state index contributed by atoms with van der Waals surface area (Å²) < 4.78 is 13.0. The van der Waals surface area contributed by atoms with E-state index in [-0.39, 0.29) is 35.6 Å². The van der Waals surface area contributed by atoms with Crippen molar-refractivity contribution < 1.29 is 33.8 Å². The zero-order chi connectivity index (χ0) is 34.8. The van der Waals surface area contributed by atoms with Crippen LogP contribution in [0.4, 0.5) is 0 Å². The van der Waals surface area contributed by atoms with Gasteiger partial charge in [-0.05, 0) is 51.0 Å². The molecular formula is C37H52BrN3O7. The van der Waals surface area contributed by atoms with Gasteiger partial charge in [-0.3, -0.25) is 19.2 Å². The Hall–Kier alpha value is -3.02. The van der Waals surface area contributed by atoms with Crippen molar-refractivity contribution in [3.63, 3.8) is 0 Å². The number of carbonyl (C=O) groups is 4. The second-order valence-electron chi connectivity index (χ2n) is 13.2. The minimum Gasteiger partial charge on any atom is -0.455 e. The van der Waals surface area contributed by atoms with E-state index in [0.717, 1.165) is 19.3 Å². The van der Waals surface area contributed by atoms with Gasteiger partial charge < -0.3 is 29.7 Å². The number of hydrogen-bond acceptors (Lipinski definition) is 7. The number of aliphatic hydroxyl groups is 1. The van der Waals surface area contributed by atoms with Crippen LogP contribution >= 0.6 is 15.9 Å². The number of amides is 3. The molecule has 1 aromatic rings. The predicted molar refractivity (Wildman–Crippen MR) is 187 cm³/mol.